The van der Waals surface area contributed by atoms with Crippen molar-refractivity contribution >= 4 is 29.3 Å². The summed E-state index contributed by atoms with van der Waals surface area (Å²) >= 11 is 6.15. The van der Waals surface area contributed by atoms with Gasteiger partial charge >= 0.3 is 0 Å². The number of carbonyl (C=O) groups is 3. The van der Waals surface area contributed by atoms with Gasteiger partial charge in [0.15, 0.2) is 6.61 Å². The van der Waals surface area contributed by atoms with Crippen molar-refractivity contribution in [3.05, 3.63) is 101 Å². The fourth-order valence-corrected chi connectivity index (χ4v) is 3.36. The van der Waals surface area contributed by atoms with Gasteiger partial charge in [0, 0.05) is 6.54 Å². The monoisotopic (exact) mass is 465 g/mol. The third-order valence-corrected chi connectivity index (χ3v) is 5.14. The Morgan fingerprint density at radius 1 is 0.909 bits per heavy atom. The third-order valence-electron chi connectivity index (χ3n) is 4.81. The van der Waals surface area contributed by atoms with Gasteiger partial charge in [0.05, 0.1) is 23.0 Å². The maximum atomic E-state index is 12.8. The van der Waals surface area contributed by atoms with E-state index >= 15 is 0 Å². The number of hydrogen-bond donors (Lipinski definition) is 3. The molecule has 8 heteroatoms. The maximum Gasteiger partial charge on any atom is 0.255 e. The van der Waals surface area contributed by atoms with Gasteiger partial charge in [0.1, 0.15) is 5.75 Å². The molecule has 0 fully saturated rings. The zero-order valence-electron chi connectivity index (χ0n) is 17.8. The van der Waals surface area contributed by atoms with E-state index in [1.165, 1.54) is 0 Å². The third kappa shape index (κ3) is 7.36. The highest BCUT2D eigenvalue weighted by molar-refractivity contribution is 6.33. The number of amides is 3. The topological polar surface area (TPSA) is 111 Å². The van der Waals surface area contributed by atoms with Gasteiger partial charge in [-0.1, -0.05) is 66.2 Å². The second-order valence-electron chi connectivity index (χ2n) is 7.30. The molecule has 3 rings (SSSR count). The molecule has 33 heavy (non-hydrogen) atoms. The molecule has 0 bridgehead atoms. The number of nitrogens with one attached hydrogen (secondary N) is 2. The molecule has 1 atom stereocenters. The standard InChI is InChI=1S/C25H24ClN3O4/c26-21-9-5-4-8-20(21)25(32)29-22(18-6-2-1-3-7-18)14-24(31)28-15-17-10-12-19(13-11-17)33-16-23(27)30/h1-13,22H,14-16H2,(H2,27,30)(H,28,31)(H,29,32)/t22-/m0/s1. The van der Waals surface area contributed by atoms with Crippen molar-refractivity contribution in [3.8, 4) is 5.75 Å². The first-order valence-electron chi connectivity index (χ1n) is 10.3. The molecule has 3 aromatic carbocycles. The van der Waals surface area contributed by atoms with Crippen LogP contribution in [0.2, 0.25) is 5.02 Å². The Morgan fingerprint density at radius 2 is 1.58 bits per heavy atom. The molecule has 0 saturated heterocycles. The van der Waals surface area contributed by atoms with Gasteiger partial charge in [-0.25, -0.2) is 0 Å². The molecular weight excluding hydrogens is 442 g/mol. The van der Waals surface area contributed by atoms with E-state index < -0.39 is 11.9 Å². The van der Waals surface area contributed by atoms with Crippen molar-refractivity contribution in [1.82, 2.24) is 10.6 Å². The molecule has 0 heterocycles. The average molecular weight is 466 g/mol. The second-order valence-corrected chi connectivity index (χ2v) is 7.70. The number of hydrogen-bond acceptors (Lipinski definition) is 4. The molecule has 4 N–H and O–H groups in total. The lowest BCUT2D eigenvalue weighted by Gasteiger charge is -2.19. The summed E-state index contributed by atoms with van der Waals surface area (Å²) < 4.78 is 5.22. The van der Waals surface area contributed by atoms with Crippen LogP contribution in [0.1, 0.15) is 33.9 Å². The Bertz CT molecular complexity index is 1100. The molecule has 3 amide bonds. The van der Waals surface area contributed by atoms with Crippen LogP contribution in [0.4, 0.5) is 0 Å². The molecule has 0 aliphatic carbocycles. The van der Waals surface area contributed by atoms with Crippen molar-refractivity contribution in [2.24, 2.45) is 5.73 Å². The molecule has 7 nitrogen and oxygen atoms in total. The molecule has 0 saturated carbocycles. The Labute approximate surface area is 196 Å². The number of ether oxygens (including phenoxy) is 1. The lowest BCUT2D eigenvalue weighted by Crippen LogP contribution is -2.33. The summed E-state index contributed by atoms with van der Waals surface area (Å²) in [5, 5.41) is 6.12. The van der Waals surface area contributed by atoms with Crippen LogP contribution in [0, 0.1) is 0 Å². The Morgan fingerprint density at radius 3 is 2.24 bits per heavy atom. The van der Waals surface area contributed by atoms with Crippen LogP contribution in [0.3, 0.4) is 0 Å². The van der Waals surface area contributed by atoms with Crippen molar-refractivity contribution in [2.45, 2.75) is 19.0 Å². The van der Waals surface area contributed by atoms with E-state index in [2.05, 4.69) is 10.6 Å². The largest absolute Gasteiger partial charge is 0.484 e. The van der Waals surface area contributed by atoms with Gasteiger partial charge in [-0.05, 0) is 35.4 Å². The van der Waals surface area contributed by atoms with Crippen LogP contribution in [0.25, 0.3) is 0 Å². The molecule has 3 aromatic rings. The summed E-state index contributed by atoms with van der Waals surface area (Å²) in [6.07, 6.45) is 0.0556. The number of primary amides is 1. The van der Waals surface area contributed by atoms with Crippen LogP contribution >= 0.6 is 11.6 Å². The minimum Gasteiger partial charge on any atom is -0.484 e. The summed E-state index contributed by atoms with van der Waals surface area (Å²) in [6.45, 7) is 0.103. The molecular formula is C25H24ClN3O4. The molecule has 0 radical (unpaired) electrons. The van der Waals surface area contributed by atoms with E-state index in [-0.39, 0.29) is 24.8 Å². The Kier molecular flexibility index (Phi) is 8.43. The van der Waals surface area contributed by atoms with E-state index in [0.717, 1.165) is 11.1 Å². The molecule has 0 spiro atoms. The van der Waals surface area contributed by atoms with E-state index in [1.54, 1.807) is 48.5 Å². The summed E-state index contributed by atoms with van der Waals surface area (Å²) in [6, 6.07) is 22.5. The highest BCUT2D eigenvalue weighted by atomic mass is 35.5. The van der Waals surface area contributed by atoms with E-state index in [4.69, 9.17) is 22.1 Å². The first kappa shape index (κ1) is 23.8. The molecule has 0 aliphatic rings. The van der Waals surface area contributed by atoms with Gasteiger partial charge in [-0.15, -0.1) is 0 Å². The molecule has 0 aromatic heterocycles. The van der Waals surface area contributed by atoms with Crippen molar-refractivity contribution < 1.29 is 19.1 Å². The highest BCUT2D eigenvalue weighted by Gasteiger charge is 2.20. The Balaban J connectivity index is 1.61. The SMILES string of the molecule is NC(=O)COc1ccc(CNC(=O)C[C@H](NC(=O)c2ccccc2Cl)c2ccccc2)cc1. The number of halogens is 1. The fourth-order valence-electron chi connectivity index (χ4n) is 3.14. The maximum absolute atomic E-state index is 12.8. The van der Waals surface area contributed by atoms with Crippen molar-refractivity contribution in [2.75, 3.05) is 6.61 Å². The van der Waals surface area contributed by atoms with E-state index in [0.29, 0.717) is 22.9 Å². The first-order valence-corrected chi connectivity index (χ1v) is 10.7. The second kappa shape index (κ2) is 11.7. The van der Waals surface area contributed by atoms with E-state index in [9.17, 15) is 14.4 Å². The van der Waals surface area contributed by atoms with Crippen LogP contribution < -0.4 is 21.1 Å². The van der Waals surface area contributed by atoms with Crippen LogP contribution in [0.15, 0.2) is 78.9 Å². The van der Waals surface area contributed by atoms with Gasteiger partial charge < -0.3 is 21.1 Å². The van der Waals surface area contributed by atoms with Gasteiger partial charge in [-0.2, -0.15) is 0 Å². The van der Waals surface area contributed by atoms with Crippen LogP contribution in [0.5, 0.6) is 5.75 Å². The lowest BCUT2D eigenvalue weighted by molar-refractivity contribution is -0.122. The first-order chi connectivity index (χ1) is 15.9. The minimum absolute atomic E-state index is 0.0556. The van der Waals surface area contributed by atoms with Gasteiger partial charge in [0.2, 0.25) is 5.91 Å². The average Bonchev–Trinajstić information content (AvgIpc) is 2.82. The van der Waals surface area contributed by atoms with Crippen LogP contribution in [-0.2, 0) is 16.1 Å². The zero-order valence-corrected chi connectivity index (χ0v) is 18.5. The number of rotatable bonds is 10. The van der Waals surface area contributed by atoms with Gasteiger partial charge in [0.25, 0.3) is 11.8 Å². The molecule has 0 unspecified atom stereocenters. The van der Waals surface area contributed by atoms with Gasteiger partial charge in [-0.3, -0.25) is 14.4 Å². The fraction of sp³-hybridized carbons (Fsp3) is 0.160. The number of nitrogens with two attached hydrogens (primary N) is 1. The van der Waals surface area contributed by atoms with Crippen molar-refractivity contribution in [1.29, 1.82) is 0 Å². The summed E-state index contributed by atoms with van der Waals surface area (Å²) in [4.78, 5) is 36.2. The minimum atomic E-state index is -0.555. The molecule has 170 valence electrons. The lowest BCUT2D eigenvalue weighted by atomic mass is 10.0. The predicted molar refractivity (Wildman–Crippen MR) is 126 cm³/mol. The summed E-state index contributed by atoms with van der Waals surface area (Å²) in [5.41, 5.74) is 7.07. The Hall–Kier alpha value is -3.84. The number of carbonyl (C=O) groups excluding carboxylic acids is 3. The zero-order chi connectivity index (χ0) is 23.6. The number of benzene rings is 3. The normalized spacial score (nSPS) is 11.3. The smallest absolute Gasteiger partial charge is 0.255 e. The highest BCUT2D eigenvalue weighted by Crippen LogP contribution is 2.20. The summed E-state index contributed by atoms with van der Waals surface area (Å²) in [7, 11) is 0. The predicted octanol–water partition coefficient (Wildman–Crippen LogP) is 3.38. The summed E-state index contributed by atoms with van der Waals surface area (Å²) in [5.74, 6) is -0.623. The molecule has 0 aliphatic heterocycles. The van der Waals surface area contributed by atoms with E-state index in [1.807, 2.05) is 30.3 Å². The van der Waals surface area contributed by atoms with Crippen LogP contribution in [-0.4, -0.2) is 24.3 Å². The quantitative estimate of drug-likeness (QED) is 0.426. The van der Waals surface area contributed by atoms with Crippen molar-refractivity contribution in [3.63, 3.8) is 0 Å².